The summed E-state index contributed by atoms with van der Waals surface area (Å²) >= 11 is 1.87. The number of hydrogen-bond acceptors (Lipinski definition) is 3. The predicted molar refractivity (Wildman–Crippen MR) is 129 cm³/mol. The van der Waals surface area contributed by atoms with Gasteiger partial charge in [0.1, 0.15) is 0 Å². The Bertz CT molecular complexity index is 1230. The van der Waals surface area contributed by atoms with Crippen molar-refractivity contribution in [3.05, 3.63) is 84.9 Å². The molecule has 1 heterocycles. The molecular formula is C26H22N2S. The Balaban J connectivity index is 1.65. The number of nitrogens with one attached hydrogen (secondary N) is 2. The molecule has 0 saturated heterocycles. The van der Waals surface area contributed by atoms with Crippen LogP contribution in [0.4, 0.5) is 11.4 Å². The molecule has 0 amide bonds. The quantitative estimate of drug-likeness (QED) is 0.330. The molecule has 4 aromatic carbocycles. The van der Waals surface area contributed by atoms with Crippen molar-refractivity contribution >= 4 is 42.9 Å². The molecule has 0 saturated carbocycles. The molecule has 0 fully saturated rings. The predicted octanol–water partition coefficient (Wildman–Crippen LogP) is 7.47. The van der Waals surface area contributed by atoms with E-state index in [1.165, 1.54) is 42.4 Å². The molecule has 0 atom stereocenters. The third-order valence-electron chi connectivity index (χ3n) is 5.49. The molecule has 5 rings (SSSR count). The number of rotatable bonds is 4. The first-order valence-electron chi connectivity index (χ1n) is 9.79. The smallest absolute Gasteiger partial charge is 0.0417 e. The second-order valence-electron chi connectivity index (χ2n) is 7.12. The normalized spacial score (nSPS) is 11.1. The Labute approximate surface area is 174 Å². The average molecular weight is 395 g/mol. The van der Waals surface area contributed by atoms with Crippen LogP contribution in [-0.4, -0.2) is 14.1 Å². The molecule has 29 heavy (non-hydrogen) atoms. The zero-order chi connectivity index (χ0) is 19.8. The number of fused-ring (bicyclic) bond motifs is 3. The van der Waals surface area contributed by atoms with Crippen molar-refractivity contribution in [2.45, 2.75) is 0 Å². The van der Waals surface area contributed by atoms with Crippen LogP contribution in [0.3, 0.4) is 0 Å². The topological polar surface area (TPSA) is 24.1 Å². The maximum absolute atomic E-state index is 3.30. The molecule has 0 aliphatic rings. The van der Waals surface area contributed by atoms with Gasteiger partial charge in [-0.3, -0.25) is 0 Å². The summed E-state index contributed by atoms with van der Waals surface area (Å²) in [7, 11) is 3.95. The lowest BCUT2D eigenvalue weighted by Crippen LogP contribution is -1.91. The summed E-state index contributed by atoms with van der Waals surface area (Å²) in [6.45, 7) is 0. The van der Waals surface area contributed by atoms with E-state index in [2.05, 4.69) is 95.6 Å². The summed E-state index contributed by atoms with van der Waals surface area (Å²) in [4.78, 5) is 0. The number of anilines is 2. The molecule has 0 spiro atoms. The minimum Gasteiger partial charge on any atom is -0.388 e. The van der Waals surface area contributed by atoms with Crippen LogP contribution in [0.25, 0.3) is 42.4 Å². The maximum Gasteiger partial charge on any atom is 0.0417 e. The highest BCUT2D eigenvalue weighted by Gasteiger charge is 2.11. The van der Waals surface area contributed by atoms with Gasteiger partial charge in [-0.05, 0) is 35.4 Å². The molecule has 2 nitrogen and oxygen atoms in total. The third kappa shape index (κ3) is 3.04. The fraction of sp³-hybridized carbons (Fsp3) is 0.0769. The van der Waals surface area contributed by atoms with Crippen molar-refractivity contribution in [3.8, 4) is 22.3 Å². The van der Waals surface area contributed by atoms with Gasteiger partial charge >= 0.3 is 0 Å². The van der Waals surface area contributed by atoms with E-state index in [-0.39, 0.29) is 0 Å². The van der Waals surface area contributed by atoms with Gasteiger partial charge in [-0.15, -0.1) is 11.3 Å². The van der Waals surface area contributed by atoms with E-state index >= 15 is 0 Å². The van der Waals surface area contributed by atoms with Crippen LogP contribution in [0.5, 0.6) is 0 Å². The fourth-order valence-electron chi connectivity index (χ4n) is 4.02. The lowest BCUT2D eigenvalue weighted by atomic mass is 10.00. The van der Waals surface area contributed by atoms with Gasteiger partial charge < -0.3 is 10.6 Å². The Morgan fingerprint density at radius 3 is 1.45 bits per heavy atom. The number of para-hydroxylation sites is 2. The largest absolute Gasteiger partial charge is 0.388 e. The lowest BCUT2D eigenvalue weighted by molar-refractivity contribution is 1.50. The van der Waals surface area contributed by atoms with Crippen LogP contribution in [0.1, 0.15) is 0 Å². The molecule has 1 aromatic heterocycles. The second-order valence-corrected chi connectivity index (χ2v) is 8.20. The summed E-state index contributed by atoms with van der Waals surface area (Å²) in [5.41, 5.74) is 7.26. The van der Waals surface area contributed by atoms with E-state index < -0.39 is 0 Å². The summed E-state index contributed by atoms with van der Waals surface area (Å²) in [5.74, 6) is 0. The van der Waals surface area contributed by atoms with Crippen molar-refractivity contribution in [2.75, 3.05) is 24.7 Å². The summed E-state index contributed by atoms with van der Waals surface area (Å²) in [6.07, 6.45) is 0. The molecule has 0 aliphatic carbocycles. The second kappa shape index (κ2) is 7.26. The van der Waals surface area contributed by atoms with Crippen LogP contribution < -0.4 is 10.6 Å². The molecule has 2 N–H and O–H groups in total. The van der Waals surface area contributed by atoms with Gasteiger partial charge in [0, 0.05) is 56.8 Å². The molecule has 3 heteroatoms. The van der Waals surface area contributed by atoms with Crippen LogP contribution in [0.2, 0.25) is 0 Å². The highest BCUT2D eigenvalue weighted by Crippen LogP contribution is 2.40. The summed E-state index contributed by atoms with van der Waals surface area (Å²) in [6, 6.07) is 30.5. The van der Waals surface area contributed by atoms with Crippen molar-refractivity contribution in [1.29, 1.82) is 0 Å². The van der Waals surface area contributed by atoms with Crippen molar-refractivity contribution in [1.82, 2.24) is 0 Å². The van der Waals surface area contributed by atoms with E-state index in [9.17, 15) is 0 Å². The lowest BCUT2D eigenvalue weighted by Gasteiger charge is -2.09. The van der Waals surface area contributed by atoms with Gasteiger partial charge in [-0.25, -0.2) is 0 Å². The highest BCUT2D eigenvalue weighted by molar-refractivity contribution is 7.25. The first-order chi connectivity index (χ1) is 14.3. The van der Waals surface area contributed by atoms with E-state index in [1.807, 2.05) is 25.4 Å². The average Bonchev–Trinajstić information content (AvgIpc) is 3.15. The van der Waals surface area contributed by atoms with Crippen LogP contribution in [0.15, 0.2) is 84.9 Å². The Morgan fingerprint density at radius 1 is 0.552 bits per heavy atom. The van der Waals surface area contributed by atoms with E-state index in [1.54, 1.807) is 0 Å². The molecule has 0 unspecified atom stereocenters. The molecular weight excluding hydrogens is 372 g/mol. The van der Waals surface area contributed by atoms with Crippen LogP contribution in [-0.2, 0) is 0 Å². The van der Waals surface area contributed by atoms with Crippen molar-refractivity contribution in [3.63, 3.8) is 0 Å². The third-order valence-corrected chi connectivity index (χ3v) is 6.60. The minimum atomic E-state index is 1.15. The molecule has 0 bridgehead atoms. The van der Waals surface area contributed by atoms with Gasteiger partial charge in [-0.1, -0.05) is 60.7 Å². The van der Waals surface area contributed by atoms with Gasteiger partial charge in [0.05, 0.1) is 0 Å². The maximum atomic E-state index is 3.30. The molecule has 0 aliphatic heterocycles. The van der Waals surface area contributed by atoms with E-state index in [4.69, 9.17) is 0 Å². The van der Waals surface area contributed by atoms with Crippen LogP contribution in [0, 0.1) is 0 Å². The number of thiophene rings is 1. The van der Waals surface area contributed by atoms with Crippen molar-refractivity contribution in [2.24, 2.45) is 0 Å². The fourth-order valence-corrected chi connectivity index (χ4v) is 5.20. The molecule has 5 aromatic rings. The summed E-state index contributed by atoms with van der Waals surface area (Å²) < 4.78 is 2.64. The Hall–Kier alpha value is -3.30. The van der Waals surface area contributed by atoms with Gasteiger partial charge in [0.25, 0.3) is 0 Å². The molecule has 142 valence electrons. The van der Waals surface area contributed by atoms with Crippen LogP contribution >= 0.6 is 11.3 Å². The standard InChI is InChI=1S/C26H22N2S/c1-27-23-9-5-3-7-19(23)17-11-13-21-22-14-12-18(16-26(22)29-25(21)15-17)20-8-4-6-10-24(20)28-2/h3-16,27-28H,1-2H3. The van der Waals surface area contributed by atoms with E-state index in [0.29, 0.717) is 0 Å². The Morgan fingerprint density at radius 2 is 1.00 bits per heavy atom. The Kier molecular flexibility index (Phi) is 4.45. The van der Waals surface area contributed by atoms with Gasteiger partial charge in [-0.2, -0.15) is 0 Å². The van der Waals surface area contributed by atoms with Gasteiger partial charge in [0.2, 0.25) is 0 Å². The number of hydrogen-bond donors (Lipinski definition) is 2. The molecule has 0 radical (unpaired) electrons. The summed E-state index contributed by atoms with van der Waals surface area (Å²) in [5, 5.41) is 9.25. The SMILES string of the molecule is CNc1ccccc1-c1ccc2c(c1)sc1cc(-c3ccccc3NC)ccc12. The zero-order valence-corrected chi connectivity index (χ0v) is 17.3. The van der Waals surface area contributed by atoms with Gasteiger partial charge in [0.15, 0.2) is 0 Å². The van der Waals surface area contributed by atoms with Crippen molar-refractivity contribution < 1.29 is 0 Å². The highest BCUT2D eigenvalue weighted by atomic mass is 32.1. The zero-order valence-electron chi connectivity index (χ0n) is 16.5. The number of benzene rings is 4. The van der Waals surface area contributed by atoms with E-state index in [0.717, 1.165) is 11.4 Å². The minimum absolute atomic E-state index is 1.15. The first kappa shape index (κ1) is 17.8. The first-order valence-corrected chi connectivity index (χ1v) is 10.6. The monoisotopic (exact) mass is 394 g/mol.